The van der Waals surface area contributed by atoms with Crippen LogP contribution in [0.1, 0.15) is 77.0 Å². The van der Waals surface area contributed by atoms with Gasteiger partial charge in [-0.05, 0) is 12.8 Å². The molecule has 0 N–H and O–H groups in total. The molecular weight excluding hydrogens is 200 g/mol. The molecule has 16 heavy (non-hydrogen) atoms. The van der Waals surface area contributed by atoms with E-state index in [0.29, 0.717) is 0 Å². The number of hydrogen-bond donors (Lipinski definition) is 0. The van der Waals surface area contributed by atoms with Gasteiger partial charge < -0.3 is 0 Å². The van der Waals surface area contributed by atoms with Gasteiger partial charge in [-0.15, -0.1) is 0 Å². The molecule has 0 spiro atoms. The van der Waals surface area contributed by atoms with Crippen molar-refractivity contribution in [2.45, 2.75) is 77.0 Å². The van der Waals surface area contributed by atoms with Gasteiger partial charge in [-0.1, -0.05) is 64.2 Å². The molecule has 0 saturated carbocycles. The summed E-state index contributed by atoms with van der Waals surface area (Å²) in [4.78, 5) is 10.3. The molecule has 1 aliphatic rings. The topological polar surface area (TPSA) is 18.5 Å². The summed E-state index contributed by atoms with van der Waals surface area (Å²) in [5, 5.41) is 0. The van der Waals surface area contributed by atoms with Crippen LogP contribution in [0, 0.1) is 0 Å². The molecule has 1 saturated heterocycles. The SMILES string of the molecule is C1CCCCCCCOOCCCCCC1. The second kappa shape index (κ2) is 11.4. The molecule has 0 bridgehead atoms. The molecule has 1 heterocycles. The Bertz CT molecular complexity index is 72.7. The lowest BCUT2D eigenvalue weighted by atomic mass is 10.1. The van der Waals surface area contributed by atoms with E-state index in [0.717, 1.165) is 26.1 Å². The average Bonchev–Trinajstić information content (AvgIpc) is 2.29. The Morgan fingerprint density at radius 2 is 0.562 bits per heavy atom. The second-order valence-corrected chi connectivity index (χ2v) is 4.89. The molecule has 1 aliphatic heterocycles. The normalized spacial score (nSPS) is 24.0. The third-order valence-electron chi connectivity index (χ3n) is 3.29. The molecule has 0 aromatic rings. The molecule has 2 heteroatoms. The van der Waals surface area contributed by atoms with Gasteiger partial charge >= 0.3 is 0 Å². The minimum Gasteiger partial charge on any atom is -0.237 e. The molecule has 1 rings (SSSR count). The van der Waals surface area contributed by atoms with Gasteiger partial charge in [0.05, 0.1) is 13.2 Å². The Hall–Kier alpha value is -0.0800. The monoisotopic (exact) mass is 228 g/mol. The van der Waals surface area contributed by atoms with Gasteiger partial charge in [-0.3, -0.25) is 0 Å². The predicted molar refractivity (Wildman–Crippen MR) is 67.3 cm³/mol. The van der Waals surface area contributed by atoms with Crippen LogP contribution in [0.3, 0.4) is 0 Å². The van der Waals surface area contributed by atoms with Crippen LogP contribution in [0.4, 0.5) is 0 Å². The van der Waals surface area contributed by atoms with E-state index >= 15 is 0 Å². The Kier molecular flexibility index (Phi) is 9.97. The zero-order valence-corrected chi connectivity index (χ0v) is 10.7. The maximum absolute atomic E-state index is 5.13. The summed E-state index contributed by atoms with van der Waals surface area (Å²) in [6, 6.07) is 0. The van der Waals surface area contributed by atoms with Crippen LogP contribution >= 0.6 is 0 Å². The zero-order chi connectivity index (χ0) is 11.3. The van der Waals surface area contributed by atoms with E-state index in [1.807, 2.05) is 0 Å². The lowest BCUT2D eigenvalue weighted by Gasteiger charge is -2.06. The third-order valence-corrected chi connectivity index (χ3v) is 3.29. The molecule has 0 atom stereocenters. The summed E-state index contributed by atoms with van der Waals surface area (Å²) in [7, 11) is 0. The summed E-state index contributed by atoms with van der Waals surface area (Å²) in [5.74, 6) is 0. The first-order valence-electron chi connectivity index (χ1n) is 7.24. The van der Waals surface area contributed by atoms with Crippen molar-refractivity contribution >= 4 is 0 Å². The highest BCUT2D eigenvalue weighted by atomic mass is 17.2. The van der Waals surface area contributed by atoms with Gasteiger partial charge in [0.15, 0.2) is 0 Å². The van der Waals surface area contributed by atoms with E-state index in [1.165, 1.54) is 64.2 Å². The van der Waals surface area contributed by atoms with E-state index < -0.39 is 0 Å². The first kappa shape index (κ1) is 14.0. The molecule has 0 aromatic carbocycles. The Morgan fingerprint density at radius 3 is 0.875 bits per heavy atom. The smallest absolute Gasteiger partial charge is 0.0822 e. The van der Waals surface area contributed by atoms with E-state index in [-0.39, 0.29) is 0 Å². The maximum atomic E-state index is 5.13. The van der Waals surface area contributed by atoms with Gasteiger partial charge in [-0.25, -0.2) is 9.78 Å². The lowest BCUT2D eigenvalue weighted by molar-refractivity contribution is -0.295. The van der Waals surface area contributed by atoms with Crippen molar-refractivity contribution in [2.24, 2.45) is 0 Å². The Labute approximate surface area is 101 Å². The van der Waals surface area contributed by atoms with Crippen LogP contribution in [0.15, 0.2) is 0 Å². The Balaban J connectivity index is 2.00. The van der Waals surface area contributed by atoms with Crippen molar-refractivity contribution in [3.8, 4) is 0 Å². The molecule has 96 valence electrons. The quantitative estimate of drug-likeness (QED) is 0.563. The largest absolute Gasteiger partial charge is 0.237 e. The van der Waals surface area contributed by atoms with E-state index in [1.54, 1.807) is 0 Å². The second-order valence-electron chi connectivity index (χ2n) is 4.89. The highest BCUT2D eigenvalue weighted by Crippen LogP contribution is 2.12. The lowest BCUT2D eigenvalue weighted by Crippen LogP contribution is -1.99. The van der Waals surface area contributed by atoms with Gasteiger partial charge in [0.25, 0.3) is 0 Å². The summed E-state index contributed by atoms with van der Waals surface area (Å²) >= 11 is 0. The summed E-state index contributed by atoms with van der Waals surface area (Å²) in [6.45, 7) is 1.56. The summed E-state index contributed by atoms with van der Waals surface area (Å²) in [6.07, 6.45) is 16.2. The van der Waals surface area contributed by atoms with Gasteiger partial charge in [-0.2, -0.15) is 0 Å². The van der Waals surface area contributed by atoms with Gasteiger partial charge in [0, 0.05) is 0 Å². The van der Waals surface area contributed by atoms with Crippen LogP contribution in [-0.2, 0) is 9.78 Å². The van der Waals surface area contributed by atoms with Crippen molar-refractivity contribution in [3.63, 3.8) is 0 Å². The summed E-state index contributed by atoms with van der Waals surface area (Å²) in [5.41, 5.74) is 0. The van der Waals surface area contributed by atoms with Crippen molar-refractivity contribution in [1.82, 2.24) is 0 Å². The highest BCUT2D eigenvalue weighted by Gasteiger charge is 1.96. The van der Waals surface area contributed by atoms with Crippen molar-refractivity contribution < 1.29 is 9.78 Å². The molecule has 0 aromatic heterocycles. The van der Waals surface area contributed by atoms with Crippen LogP contribution in [0.2, 0.25) is 0 Å². The fraction of sp³-hybridized carbons (Fsp3) is 1.00. The summed E-state index contributed by atoms with van der Waals surface area (Å²) < 4.78 is 0. The predicted octanol–water partition coefficient (Wildman–Crippen LogP) is 4.63. The third kappa shape index (κ3) is 9.17. The van der Waals surface area contributed by atoms with Crippen LogP contribution in [0.5, 0.6) is 0 Å². The molecule has 2 nitrogen and oxygen atoms in total. The maximum Gasteiger partial charge on any atom is 0.0822 e. The molecule has 0 aliphatic carbocycles. The number of rotatable bonds is 0. The minimum atomic E-state index is 0.778. The van der Waals surface area contributed by atoms with Gasteiger partial charge in [0.2, 0.25) is 0 Å². The molecule has 1 fully saturated rings. The van der Waals surface area contributed by atoms with Crippen molar-refractivity contribution in [3.05, 3.63) is 0 Å². The van der Waals surface area contributed by atoms with Gasteiger partial charge in [0.1, 0.15) is 0 Å². The number of hydrogen-bond acceptors (Lipinski definition) is 2. The highest BCUT2D eigenvalue weighted by molar-refractivity contribution is 4.49. The fourth-order valence-electron chi connectivity index (χ4n) is 2.21. The standard InChI is InChI=1S/C14H28O2/c1-2-4-6-8-10-12-14-16-15-13-11-9-7-5-3-1/h1-14H2. The first-order chi connectivity index (χ1) is 8.00. The van der Waals surface area contributed by atoms with E-state index in [2.05, 4.69) is 0 Å². The average molecular weight is 228 g/mol. The van der Waals surface area contributed by atoms with E-state index in [4.69, 9.17) is 9.78 Å². The molecule has 0 radical (unpaired) electrons. The first-order valence-corrected chi connectivity index (χ1v) is 7.24. The Morgan fingerprint density at radius 1 is 0.312 bits per heavy atom. The fourth-order valence-corrected chi connectivity index (χ4v) is 2.21. The van der Waals surface area contributed by atoms with Crippen molar-refractivity contribution in [2.75, 3.05) is 13.2 Å². The van der Waals surface area contributed by atoms with Crippen molar-refractivity contribution in [1.29, 1.82) is 0 Å². The van der Waals surface area contributed by atoms with Crippen LogP contribution in [-0.4, -0.2) is 13.2 Å². The molecule has 0 unspecified atom stereocenters. The molecule has 0 amide bonds. The molecular formula is C14H28O2. The minimum absolute atomic E-state index is 0.778. The van der Waals surface area contributed by atoms with E-state index in [9.17, 15) is 0 Å². The zero-order valence-electron chi connectivity index (χ0n) is 10.7. The van der Waals surface area contributed by atoms with Crippen LogP contribution in [0.25, 0.3) is 0 Å². The van der Waals surface area contributed by atoms with Crippen LogP contribution < -0.4 is 0 Å².